The number of amides is 1. The molecule has 0 aromatic heterocycles. The van der Waals surface area contributed by atoms with Gasteiger partial charge in [-0.2, -0.15) is 0 Å². The largest absolute Gasteiger partial charge is 0.481 e. The highest BCUT2D eigenvalue weighted by Gasteiger charge is 2.32. The van der Waals surface area contributed by atoms with Crippen LogP contribution in [-0.4, -0.2) is 40.1 Å². The highest BCUT2D eigenvalue weighted by Crippen LogP contribution is 2.26. The minimum Gasteiger partial charge on any atom is -0.481 e. The summed E-state index contributed by atoms with van der Waals surface area (Å²) in [6.07, 6.45) is -0.580. The normalized spacial score (nSPS) is 13.2. The van der Waals surface area contributed by atoms with Crippen LogP contribution in [0.25, 0.3) is 10.8 Å². The molecule has 2 aromatic carbocycles. The Morgan fingerprint density at radius 3 is 2.28 bits per heavy atom. The maximum atomic E-state index is 12.6. The Morgan fingerprint density at radius 1 is 1.08 bits per heavy atom. The van der Waals surface area contributed by atoms with Crippen molar-refractivity contribution in [2.24, 2.45) is 5.73 Å². The Labute approximate surface area is 144 Å². The van der Waals surface area contributed by atoms with E-state index in [2.05, 4.69) is 0 Å². The van der Waals surface area contributed by atoms with Gasteiger partial charge in [-0.3, -0.25) is 14.5 Å². The van der Waals surface area contributed by atoms with Gasteiger partial charge in [0.05, 0.1) is 6.04 Å². The summed E-state index contributed by atoms with van der Waals surface area (Å²) >= 11 is 0. The van der Waals surface area contributed by atoms with Gasteiger partial charge in [-0.1, -0.05) is 30.3 Å². The molecule has 132 valence electrons. The first-order valence-corrected chi connectivity index (χ1v) is 7.83. The fourth-order valence-electron chi connectivity index (χ4n) is 2.63. The average Bonchev–Trinajstić information content (AvgIpc) is 2.57. The summed E-state index contributed by atoms with van der Waals surface area (Å²) in [5.41, 5.74) is 6.05. The highest BCUT2D eigenvalue weighted by molar-refractivity contribution is 6.03. The molecule has 0 saturated carbocycles. The molecule has 0 aliphatic carbocycles. The monoisotopic (exact) mass is 344 g/mol. The van der Waals surface area contributed by atoms with Crippen LogP contribution in [0.3, 0.4) is 0 Å². The van der Waals surface area contributed by atoms with Gasteiger partial charge in [0.2, 0.25) is 5.91 Å². The number of rotatable bonds is 7. The molecule has 7 heteroatoms. The van der Waals surface area contributed by atoms with Gasteiger partial charge < -0.3 is 15.9 Å². The Bertz CT molecular complexity index is 803. The molecule has 2 rings (SSSR count). The molecule has 2 aromatic rings. The minimum absolute atomic E-state index is 0.212. The van der Waals surface area contributed by atoms with Crippen molar-refractivity contribution in [3.63, 3.8) is 0 Å². The van der Waals surface area contributed by atoms with Gasteiger partial charge >= 0.3 is 11.9 Å². The first-order chi connectivity index (χ1) is 11.8. The number of fused-ring (bicyclic) bond motifs is 1. The lowest BCUT2D eigenvalue weighted by molar-refractivity contribution is -0.141. The molecule has 0 aliphatic rings. The standard InChI is InChI=1S/C18H20N2O5/c1-11(19)17(23)20(15(18(24)25)8-9-16(21)22)14-7-6-12-4-2-3-5-13(12)10-14/h2-7,10-11,15H,8-9,19H2,1H3,(H,21,22)(H,24,25). The van der Waals surface area contributed by atoms with Crippen molar-refractivity contribution in [1.29, 1.82) is 0 Å². The minimum atomic E-state index is -1.31. The molecule has 0 saturated heterocycles. The van der Waals surface area contributed by atoms with Gasteiger partial charge in [0.1, 0.15) is 6.04 Å². The van der Waals surface area contributed by atoms with Crippen LogP contribution in [0.5, 0.6) is 0 Å². The van der Waals surface area contributed by atoms with Crippen LogP contribution in [0.15, 0.2) is 42.5 Å². The fraction of sp³-hybridized carbons (Fsp3) is 0.278. The summed E-state index contributed by atoms with van der Waals surface area (Å²) in [6.45, 7) is 1.46. The van der Waals surface area contributed by atoms with Crippen LogP contribution in [0.4, 0.5) is 5.69 Å². The smallest absolute Gasteiger partial charge is 0.326 e. The van der Waals surface area contributed by atoms with Crippen LogP contribution in [0, 0.1) is 0 Å². The Balaban J connectivity index is 2.50. The first kappa shape index (κ1) is 18.4. The second kappa shape index (κ2) is 7.76. The first-order valence-electron chi connectivity index (χ1n) is 7.83. The van der Waals surface area contributed by atoms with Crippen molar-refractivity contribution in [3.8, 4) is 0 Å². The maximum absolute atomic E-state index is 12.6. The molecule has 2 atom stereocenters. The number of carbonyl (C=O) groups excluding carboxylic acids is 1. The lowest BCUT2D eigenvalue weighted by atomic mass is 10.0. The third kappa shape index (κ3) is 4.33. The Hall–Kier alpha value is -2.93. The number of hydrogen-bond donors (Lipinski definition) is 3. The number of carbonyl (C=O) groups is 3. The predicted molar refractivity (Wildman–Crippen MR) is 93.4 cm³/mol. The van der Waals surface area contributed by atoms with Crippen molar-refractivity contribution in [1.82, 2.24) is 0 Å². The van der Waals surface area contributed by atoms with Crippen molar-refractivity contribution in [3.05, 3.63) is 42.5 Å². The summed E-state index contributed by atoms with van der Waals surface area (Å²) in [5, 5.41) is 20.2. The van der Waals surface area contributed by atoms with Crippen LogP contribution in [-0.2, 0) is 14.4 Å². The van der Waals surface area contributed by atoms with E-state index in [1.807, 2.05) is 24.3 Å². The summed E-state index contributed by atoms with van der Waals surface area (Å²) in [7, 11) is 0. The number of nitrogens with zero attached hydrogens (tertiary/aromatic N) is 1. The molecule has 0 radical (unpaired) electrons. The third-order valence-corrected chi connectivity index (χ3v) is 3.87. The number of carboxylic acid groups (broad SMARTS) is 2. The predicted octanol–water partition coefficient (Wildman–Crippen LogP) is 1.84. The van der Waals surface area contributed by atoms with E-state index >= 15 is 0 Å². The number of hydrogen-bond acceptors (Lipinski definition) is 4. The van der Waals surface area contributed by atoms with E-state index in [1.54, 1.807) is 18.2 Å². The number of aliphatic carboxylic acids is 2. The molecule has 2 unspecified atom stereocenters. The summed E-state index contributed by atoms with van der Waals surface area (Å²) < 4.78 is 0. The maximum Gasteiger partial charge on any atom is 0.326 e. The molecular formula is C18H20N2O5. The van der Waals surface area contributed by atoms with Crippen molar-refractivity contribution >= 4 is 34.3 Å². The van der Waals surface area contributed by atoms with Crippen LogP contribution in [0.1, 0.15) is 19.8 Å². The fourth-order valence-corrected chi connectivity index (χ4v) is 2.63. The quantitative estimate of drug-likeness (QED) is 0.705. The number of benzene rings is 2. The van der Waals surface area contributed by atoms with E-state index in [0.717, 1.165) is 15.7 Å². The molecule has 4 N–H and O–H groups in total. The highest BCUT2D eigenvalue weighted by atomic mass is 16.4. The zero-order valence-electron chi connectivity index (χ0n) is 13.8. The summed E-state index contributed by atoms with van der Waals surface area (Å²) in [6, 6.07) is 10.3. The molecule has 0 spiro atoms. The van der Waals surface area contributed by atoms with Crippen molar-refractivity contribution in [2.75, 3.05) is 4.90 Å². The van der Waals surface area contributed by atoms with Gasteiger partial charge in [-0.25, -0.2) is 4.79 Å². The molecule has 0 fully saturated rings. The molecule has 1 amide bonds. The third-order valence-electron chi connectivity index (χ3n) is 3.87. The molecule has 0 aliphatic heterocycles. The van der Waals surface area contributed by atoms with E-state index in [0.29, 0.717) is 5.69 Å². The van der Waals surface area contributed by atoms with E-state index in [-0.39, 0.29) is 12.8 Å². The zero-order valence-corrected chi connectivity index (χ0v) is 13.8. The number of carboxylic acids is 2. The van der Waals surface area contributed by atoms with Gasteiger partial charge in [0.25, 0.3) is 0 Å². The lowest BCUT2D eigenvalue weighted by Crippen LogP contribution is -2.51. The van der Waals surface area contributed by atoms with Crippen LogP contribution in [0.2, 0.25) is 0 Å². The zero-order chi connectivity index (χ0) is 18.6. The molecule has 25 heavy (non-hydrogen) atoms. The van der Waals surface area contributed by atoms with Crippen molar-refractivity contribution in [2.45, 2.75) is 31.8 Å². The average molecular weight is 344 g/mol. The van der Waals surface area contributed by atoms with Gasteiger partial charge in [-0.15, -0.1) is 0 Å². The SMILES string of the molecule is CC(N)C(=O)N(c1ccc2ccccc2c1)C(CCC(=O)O)C(=O)O. The van der Waals surface area contributed by atoms with E-state index in [4.69, 9.17) is 10.8 Å². The van der Waals surface area contributed by atoms with Crippen LogP contribution < -0.4 is 10.6 Å². The number of nitrogens with two attached hydrogens (primary N) is 1. The van der Waals surface area contributed by atoms with E-state index in [9.17, 15) is 19.5 Å². The molecule has 7 nitrogen and oxygen atoms in total. The summed E-state index contributed by atoms with van der Waals surface area (Å²) in [5.74, 6) is -2.98. The Kier molecular flexibility index (Phi) is 5.71. The topological polar surface area (TPSA) is 121 Å². The molecule has 0 bridgehead atoms. The summed E-state index contributed by atoms with van der Waals surface area (Å²) in [4.78, 5) is 36.2. The second-order valence-corrected chi connectivity index (χ2v) is 5.81. The van der Waals surface area contributed by atoms with Gasteiger partial charge in [-0.05, 0) is 36.2 Å². The van der Waals surface area contributed by atoms with E-state index in [1.165, 1.54) is 6.92 Å². The molecular weight excluding hydrogens is 324 g/mol. The van der Waals surface area contributed by atoms with Gasteiger partial charge in [0.15, 0.2) is 0 Å². The van der Waals surface area contributed by atoms with Crippen LogP contribution >= 0.6 is 0 Å². The van der Waals surface area contributed by atoms with E-state index < -0.39 is 29.9 Å². The Morgan fingerprint density at radius 2 is 1.72 bits per heavy atom. The number of anilines is 1. The van der Waals surface area contributed by atoms with Crippen molar-refractivity contribution < 1.29 is 24.6 Å². The second-order valence-electron chi connectivity index (χ2n) is 5.81. The molecule has 0 heterocycles. The van der Waals surface area contributed by atoms with Gasteiger partial charge in [0, 0.05) is 12.1 Å². The lowest BCUT2D eigenvalue weighted by Gasteiger charge is -2.30.